The first-order valence-electron chi connectivity index (χ1n) is 7.45. The summed E-state index contributed by atoms with van der Waals surface area (Å²) in [6, 6.07) is 2.46. The third-order valence-electron chi connectivity index (χ3n) is 3.23. The zero-order chi connectivity index (χ0) is 15.0. The van der Waals surface area contributed by atoms with Crippen LogP contribution in [0.4, 0.5) is 5.95 Å². The summed E-state index contributed by atoms with van der Waals surface area (Å²) in [7, 11) is 2.16. The molecule has 0 aliphatic rings. The van der Waals surface area contributed by atoms with Crippen LogP contribution in [0.25, 0.3) is 0 Å². The van der Waals surface area contributed by atoms with Gasteiger partial charge in [0, 0.05) is 24.3 Å². The molecule has 1 rings (SSSR count). The molecule has 1 heterocycles. The highest BCUT2D eigenvalue weighted by Crippen LogP contribution is 2.11. The van der Waals surface area contributed by atoms with Gasteiger partial charge < -0.3 is 15.0 Å². The molecule has 5 heteroatoms. The van der Waals surface area contributed by atoms with Crippen molar-refractivity contribution in [1.29, 1.82) is 0 Å². The first-order valence-corrected chi connectivity index (χ1v) is 7.45. The first-order chi connectivity index (χ1) is 9.52. The van der Waals surface area contributed by atoms with Crippen molar-refractivity contribution in [1.82, 2.24) is 14.9 Å². The van der Waals surface area contributed by atoms with Gasteiger partial charge >= 0.3 is 0 Å². The molecule has 0 saturated heterocycles. The number of rotatable bonds is 9. The Kier molecular flexibility index (Phi) is 7.30. The van der Waals surface area contributed by atoms with E-state index in [0.717, 1.165) is 25.2 Å². The monoisotopic (exact) mass is 280 g/mol. The van der Waals surface area contributed by atoms with Crippen molar-refractivity contribution in [3.8, 4) is 5.88 Å². The van der Waals surface area contributed by atoms with E-state index in [9.17, 15) is 0 Å². The molecule has 0 fully saturated rings. The molecule has 114 valence electrons. The molecule has 0 atom stereocenters. The van der Waals surface area contributed by atoms with Gasteiger partial charge in [-0.2, -0.15) is 4.98 Å². The Morgan fingerprint density at radius 1 is 1.30 bits per heavy atom. The molecule has 0 saturated carbocycles. The van der Waals surface area contributed by atoms with E-state index in [1.807, 2.05) is 19.9 Å². The smallest absolute Gasteiger partial charge is 0.226 e. The second kappa shape index (κ2) is 8.74. The van der Waals surface area contributed by atoms with Gasteiger partial charge in [-0.1, -0.05) is 0 Å². The summed E-state index contributed by atoms with van der Waals surface area (Å²) in [5, 5.41) is 3.27. The molecule has 0 spiro atoms. The summed E-state index contributed by atoms with van der Waals surface area (Å²) in [4.78, 5) is 11.1. The van der Waals surface area contributed by atoms with E-state index in [1.54, 1.807) is 0 Å². The zero-order valence-electron chi connectivity index (χ0n) is 13.4. The van der Waals surface area contributed by atoms with Crippen LogP contribution in [0.15, 0.2) is 6.07 Å². The maximum Gasteiger partial charge on any atom is 0.226 e. The number of hydrogen-bond acceptors (Lipinski definition) is 5. The fraction of sp³-hybridized carbons (Fsp3) is 0.733. The summed E-state index contributed by atoms with van der Waals surface area (Å²) in [5.74, 6) is 1.30. The summed E-state index contributed by atoms with van der Waals surface area (Å²) in [6.07, 6.45) is 2.28. The van der Waals surface area contributed by atoms with Crippen LogP contribution in [0.2, 0.25) is 0 Å². The molecule has 0 amide bonds. The van der Waals surface area contributed by atoms with E-state index in [0.29, 0.717) is 24.5 Å². The van der Waals surface area contributed by atoms with E-state index in [-0.39, 0.29) is 0 Å². The second-order valence-corrected chi connectivity index (χ2v) is 5.31. The first kappa shape index (κ1) is 16.7. The maximum atomic E-state index is 5.41. The molecule has 0 bridgehead atoms. The Morgan fingerprint density at radius 3 is 2.70 bits per heavy atom. The summed E-state index contributed by atoms with van der Waals surface area (Å²) >= 11 is 0. The SMILES string of the molecule is CCOc1cc(C)nc(NCCCCN(C)C(C)C)n1. The van der Waals surface area contributed by atoms with Gasteiger partial charge in [0.15, 0.2) is 0 Å². The lowest BCUT2D eigenvalue weighted by molar-refractivity contribution is 0.269. The third-order valence-corrected chi connectivity index (χ3v) is 3.23. The number of anilines is 1. The Labute approximate surface area is 122 Å². The van der Waals surface area contributed by atoms with Crippen LogP contribution in [0.5, 0.6) is 5.88 Å². The molecule has 0 unspecified atom stereocenters. The number of nitrogens with one attached hydrogen (secondary N) is 1. The van der Waals surface area contributed by atoms with Crippen LogP contribution >= 0.6 is 0 Å². The standard InChI is InChI=1S/C15H28N4O/c1-6-20-14-11-13(4)17-15(18-14)16-9-7-8-10-19(5)12(2)3/h11-12H,6-10H2,1-5H3,(H,16,17,18). The molecule has 0 radical (unpaired) electrons. The number of ether oxygens (including phenoxy) is 1. The van der Waals surface area contributed by atoms with Crippen LogP contribution in [0.3, 0.4) is 0 Å². The molecule has 1 N–H and O–H groups in total. The predicted molar refractivity (Wildman–Crippen MR) is 83.4 cm³/mol. The van der Waals surface area contributed by atoms with Gasteiger partial charge in [0.2, 0.25) is 11.8 Å². The van der Waals surface area contributed by atoms with Crippen LogP contribution in [-0.2, 0) is 0 Å². The topological polar surface area (TPSA) is 50.3 Å². The quantitative estimate of drug-likeness (QED) is 0.705. The second-order valence-electron chi connectivity index (χ2n) is 5.31. The van der Waals surface area contributed by atoms with Gasteiger partial charge in [-0.3, -0.25) is 0 Å². The van der Waals surface area contributed by atoms with Gasteiger partial charge in [-0.25, -0.2) is 4.98 Å². The Balaban J connectivity index is 2.31. The molecule has 0 aromatic carbocycles. The lowest BCUT2D eigenvalue weighted by atomic mass is 10.2. The summed E-state index contributed by atoms with van der Waals surface area (Å²) in [6.45, 7) is 11.0. The molecule has 0 aliphatic heterocycles. The highest BCUT2D eigenvalue weighted by molar-refractivity contribution is 5.30. The van der Waals surface area contributed by atoms with Crippen LogP contribution < -0.4 is 10.1 Å². The largest absolute Gasteiger partial charge is 0.478 e. The van der Waals surface area contributed by atoms with E-state index >= 15 is 0 Å². The highest BCUT2D eigenvalue weighted by atomic mass is 16.5. The van der Waals surface area contributed by atoms with Crippen molar-refractivity contribution in [3.05, 3.63) is 11.8 Å². The van der Waals surface area contributed by atoms with E-state index in [4.69, 9.17) is 4.74 Å². The minimum Gasteiger partial charge on any atom is -0.478 e. The molecule has 1 aromatic rings. The fourth-order valence-corrected chi connectivity index (χ4v) is 1.79. The van der Waals surface area contributed by atoms with Crippen molar-refractivity contribution in [2.75, 3.05) is 32.1 Å². The average Bonchev–Trinajstić information content (AvgIpc) is 2.37. The molecule has 0 aliphatic carbocycles. The number of aryl methyl sites for hydroxylation is 1. The number of hydrogen-bond donors (Lipinski definition) is 1. The molecular weight excluding hydrogens is 252 g/mol. The summed E-state index contributed by atoms with van der Waals surface area (Å²) < 4.78 is 5.41. The van der Waals surface area contributed by atoms with Crippen molar-refractivity contribution >= 4 is 5.95 Å². The minimum absolute atomic E-state index is 0.608. The van der Waals surface area contributed by atoms with Gasteiger partial charge in [0.25, 0.3) is 0 Å². The van der Waals surface area contributed by atoms with Crippen molar-refractivity contribution in [2.24, 2.45) is 0 Å². The van der Waals surface area contributed by atoms with Crippen LogP contribution in [-0.4, -0.2) is 47.7 Å². The number of aromatic nitrogens is 2. The van der Waals surface area contributed by atoms with Crippen molar-refractivity contribution < 1.29 is 4.74 Å². The van der Waals surface area contributed by atoms with Gasteiger partial charge in [0.1, 0.15) is 0 Å². The third kappa shape index (κ3) is 6.19. The fourth-order valence-electron chi connectivity index (χ4n) is 1.79. The number of unbranched alkanes of at least 4 members (excludes halogenated alkanes) is 1. The van der Waals surface area contributed by atoms with E-state index < -0.39 is 0 Å². The van der Waals surface area contributed by atoms with Crippen LogP contribution in [0.1, 0.15) is 39.3 Å². The highest BCUT2D eigenvalue weighted by Gasteiger charge is 2.04. The van der Waals surface area contributed by atoms with Crippen molar-refractivity contribution in [2.45, 2.75) is 46.6 Å². The Hall–Kier alpha value is -1.36. The lowest BCUT2D eigenvalue weighted by Gasteiger charge is -2.20. The normalized spacial score (nSPS) is 11.2. The zero-order valence-corrected chi connectivity index (χ0v) is 13.4. The van der Waals surface area contributed by atoms with Gasteiger partial charge in [-0.05, 0) is 54.1 Å². The lowest BCUT2D eigenvalue weighted by Crippen LogP contribution is -2.27. The van der Waals surface area contributed by atoms with E-state index in [2.05, 4.69) is 41.1 Å². The Morgan fingerprint density at radius 2 is 2.05 bits per heavy atom. The van der Waals surface area contributed by atoms with Crippen LogP contribution in [0, 0.1) is 6.92 Å². The maximum absolute atomic E-state index is 5.41. The molecular formula is C15H28N4O. The number of nitrogens with zero attached hydrogens (tertiary/aromatic N) is 3. The molecule has 5 nitrogen and oxygen atoms in total. The minimum atomic E-state index is 0.608. The average molecular weight is 280 g/mol. The van der Waals surface area contributed by atoms with E-state index in [1.165, 1.54) is 6.42 Å². The molecule has 1 aromatic heterocycles. The van der Waals surface area contributed by atoms with Gasteiger partial charge in [-0.15, -0.1) is 0 Å². The predicted octanol–water partition coefficient (Wildman–Crippen LogP) is 2.72. The molecule has 20 heavy (non-hydrogen) atoms. The Bertz CT molecular complexity index is 395. The summed E-state index contributed by atoms with van der Waals surface area (Å²) in [5.41, 5.74) is 0.922. The van der Waals surface area contributed by atoms with Crippen molar-refractivity contribution in [3.63, 3.8) is 0 Å². The van der Waals surface area contributed by atoms with Gasteiger partial charge in [0.05, 0.1) is 6.61 Å².